The van der Waals surface area contributed by atoms with E-state index >= 15 is 0 Å². The molecule has 0 spiro atoms. The molecule has 1 N–H and O–H groups in total. The van der Waals surface area contributed by atoms with Gasteiger partial charge >= 0.3 is 0 Å². The van der Waals surface area contributed by atoms with Gasteiger partial charge in [-0.05, 0) is 40.2 Å². The molecule has 1 atom stereocenters. The maximum atomic E-state index is 3.59. The highest BCUT2D eigenvalue weighted by atomic mass is 15.2. The van der Waals surface area contributed by atoms with E-state index in [9.17, 15) is 0 Å². The van der Waals surface area contributed by atoms with Crippen LogP contribution in [0.5, 0.6) is 0 Å². The van der Waals surface area contributed by atoms with E-state index in [1.807, 2.05) is 0 Å². The minimum Gasteiger partial charge on any atom is -0.313 e. The van der Waals surface area contributed by atoms with Crippen LogP contribution in [0.1, 0.15) is 40.5 Å². The van der Waals surface area contributed by atoms with Gasteiger partial charge in [0, 0.05) is 24.7 Å². The molecule has 1 saturated heterocycles. The molecule has 0 saturated carbocycles. The molecule has 0 radical (unpaired) electrons. The van der Waals surface area contributed by atoms with Gasteiger partial charge in [-0.1, -0.05) is 6.92 Å². The van der Waals surface area contributed by atoms with Crippen molar-refractivity contribution in [2.24, 2.45) is 0 Å². The van der Waals surface area contributed by atoms with Gasteiger partial charge in [0.2, 0.25) is 0 Å². The number of hydrogen-bond donors (Lipinski definition) is 1. The standard InChI is InChI=1S/C11H24N2/c1-5-7-12-10-6-8-13(9-10)11(2,3)4/h10,12H,5-9H2,1-4H3. The first-order chi connectivity index (χ1) is 6.04. The molecule has 0 bridgehead atoms. The van der Waals surface area contributed by atoms with E-state index in [-0.39, 0.29) is 0 Å². The van der Waals surface area contributed by atoms with E-state index in [1.165, 1.54) is 32.5 Å². The second-order valence-corrected chi connectivity index (χ2v) is 5.06. The van der Waals surface area contributed by atoms with Crippen LogP contribution in [0.15, 0.2) is 0 Å². The van der Waals surface area contributed by atoms with E-state index in [2.05, 4.69) is 37.9 Å². The lowest BCUT2D eigenvalue weighted by Gasteiger charge is -2.31. The Morgan fingerprint density at radius 3 is 2.54 bits per heavy atom. The van der Waals surface area contributed by atoms with Gasteiger partial charge in [0.1, 0.15) is 0 Å². The quantitative estimate of drug-likeness (QED) is 0.720. The Balaban J connectivity index is 2.28. The Morgan fingerprint density at radius 2 is 2.08 bits per heavy atom. The van der Waals surface area contributed by atoms with Crippen LogP contribution in [0.4, 0.5) is 0 Å². The molecule has 1 rings (SSSR count). The molecule has 1 fully saturated rings. The van der Waals surface area contributed by atoms with Gasteiger partial charge in [-0.25, -0.2) is 0 Å². The third-order valence-electron chi connectivity index (χ3n) is 2.82. The van der Waals surface area contributed by atoms with Crippen LogP contribution >= 0.6 is 0 Å². The van der Waals surface area contributed by atoms with E-state index in [4.69, 9.17) is 0 Å². The maximum absolute atomic E-state index is 3.59. The largest absolute Gasteiger partial charge is 0.313 e. The third kappa shape index (κ3) is 3.28. The van der Waals surface area contributed by atoms with Crippen LogP contribution in [0, 0.1) is 0 Å². The highest BCUT2D eigenvalue weighted by Crippen LogP contribution is 2.20. The van der Waals surface area contributed by atoms with Gasteiger partial charge < -0.3 is 5.32 Å². The lowest BCUT2D eigenvalue weighted by Crippen LogP contribution is -2.42. The highest BCUT2D eigenvalue weighted by molar-refractivity contribution is 4.87. The molecule has 1 aliphatic heterocycles. The summed E-state index contributed by atoms with van der Waals surface area (Å²) in [4.78, 5) is 2.57. The van der Waals surface area contributed by atoms with Crippen LogP contribution in [-0.2, 0) is 0 Å². The summed E-state index contributed by atoms with van der Waals surface area (Å²) in [5.41, 5.74) is 0.350. The van der Waals surface area contributed by atoms with Crippen molar-refractivity contribution < 1.29 is 0 Å². The van der Waals surface area contributed by atoms with Crippen molar-refractivity contribution in [3.8, 4) is 0 Å². The average Bonchev–Trinajstić information content (AvgIpc) is 2.47. The zero-order valence-corrected chi connectivity index (χ0v) is 9.56. The molecule has 0 amide bonds. The molecule has 13 heavy (non-hydrogen) atoms. The topological polar surface area (TPSA) is 15.3 Å². The molecule has 0 aliphatic carbocycles. The summed E-state index contributed by atoms with van der Waals surface area (Å²) in [5, 5.41) is 3.59. The summed E-state index contributed by atoms with van der Waals surface area (Å²) in [6.45, 7) is 12.8. The molecule has 0 aromatic rings. The average molecular weight is 184 g/mol. The summed E-state index contributed by atoms with van der Waals surface area (Å²) in [6, 6.07) is 0.735. The molecule has 0 aromatic carbocycles. The molecule has 1 aliphatic rings. The zero-order chi connectivity index (χ0) is 9.90. The minimum atomic E-state index is 0.350. The molecule has 2 heteroatoms. The van der Waals surface area contributed by atoms with Crippen LogP contribution in [-0.4, -0.2) is 36.1 Å². The fourth-order valence-corrected chi connectivity index (χ4v) is 1.88. The molecule has 1 unspecified atom stereocenters. The Bertz CT molecular complexity index is 149. The number of likely N-dealkylation sites (tertiary alicyclic amines) is 1. The van der Waals surface area contributed by atoms with E-state index in [0.29, 0.717) is 5.54 Å². The first-order valence-electron chi connectivity index (χ1n) is 5.52. The van der Waals surface area contributed by atoms with Crippen molar-refractivity contribution in [2.45, 2.75) is 52.1 Å². The van der Waals surface area contributed by atoms with Gasteiger partial charge in [0.05, 0.1) is 0 Å². The van der Waals surface area contributed by atoms with Crippen molar-refractivity contribution >= 4 is 0 Å². The highest BCUT2D eigenvalue weighted by Gasteiger charge is 2.29. The molecule has 2 nitrogen and oxygen atoms in total. The summed E-state index contributed by atoms with van der Waals surface area (Å²) in [6.07, 6.45) is 2.56. The van der Waals surface area contributed by atoms with Crippen LogP contribution in [0.25, 0.3) is 0 Å². The Labute approximate surface area is 82.7 Å². The lowest BCUT2D eigenvalue weighted by molar-refractivity contribution is 0.170. The number of hydrogen-bond acceptors (Lipinski definition) is 2. The predicted molar refractivity (Wildman–Crippen MR) is 58.0 cm³/mol. The Hall–Kier alpha value is -0.0800. The molecular weight excluding hydrogens is 160 g/mol. The Kier molecular flexibility index (Phi) is 3.74. The number of nitrogens with zero attached hydrogens (tertiary/aromatic N) is 1. The van der Waals surface area contributed by atoms with Gasteiger partial charge in [0.15, 0.2) is 0 Å². The molecule has 0 aromatic heterocycles. The van der Waals surface area contributed by atoms with Gasteiger partial charge in [-0.3, -0.25) is 4.90 Å². The number of rotatable bonds is 3. The van der Waals surface area contributed by atoms with Gasteiger partial charge in [-0.2, -0.15) is 0 Å². The predicted octanol–water partition coefficient (Wildman–Crippen LogP) is 1.86. The SMILES string of the molecule is CCCNC1CCN(C(C)(C)C)C1. The molecule has 1 heterocycles. The van der Waals surface area contributed by atoms with Gasteiger partial charge in [-0.15, -0.1) is 0 Å². The van der Waals surface area contributed by atoms with Crippen molar-refractivity contribution in [1.29, 1.82) is 0 Å². The van der Waals surface area contributed by atoms with E-state index in [1.54, 1.807) is 0 Å². The van der Waals surface area contributed by atoms with Crippen LogP contribution < -0.4 is 5.32 Å². The molecule has 78 valence electrons. The first kappa shape index (κ1) is 11.0. The fraction of sp³-hybridized carbons (Fsp3) is 1.00. The summed E-state index contributed by atoms with van der Waals surface area (Å²) >= 11 is 0. The number of nitrogens with one attached hydrogen (secondary N) is 1. The maximum Gasteiger partial charge on any atom is 0.0207 e. The molecular formula is C11H24N2. The first-order valence-corrected chi connectivity index (χ1v) is 5.52. The third-order valence-corrected chi connectivity index (χ3v) is 2.82. The fourth-order valence-electron chi connectivity index (χ4n) is 1.88. The second-order valence-electron chi connectivity index (χ2n) is 5.06. The second kappa shape index (κ2) is 4.43. The lowest BCUT2D eigenvalue weighted by atomic mass is 10.1. The minimum absolute atomic E-state index is 0.350. The van der Waals surface area contributed by atoms with Crippen molar-refractivity contribution in [3.63, 3.8) is 0 Å². The van der Waals surface area contributed by atoms with E-state index < -0.39 is 0 Å². The summed E-state index contributed by atoms with van der Waals surface area (Å²) in [7, 11) is 0. The summed E-state index contributed by atoms with van der Waals surface area (Å²) < 4.78 is 0. The smallest absolute Gasteiger partial charge is 0.0207 e. The zero-order valence-electron chi connectivity index (χ0n) is 9.56. The summed E-state index contributed by atoms with van der Waals surface area (Å²) in [5.74, 6) is 0. The van der Waals surface area contributed by atoms with Crippen molar-refractivity contribution in [1.82, 2.24) is 10.2 Å². The Morgan fingerprint density at radius 1 is 1.38 bits per heavy atom. The van der Waals surface area contributed by atoms with Crippen molar-refractivity contribution in [2.75, 3.05) is 19.6 Å². The van der Waals surface area contributed by atoms with Crippen molar-refractivity contribution in [3.05, 3.63) is 0 Å². The monoisotopic (exact) mass is 184 g/mol. The van der Waals surface area contributed by atoms with Gasteiger partial charge in [0.25, 0.3) is 0 Å². The van der Waals surface area contributed by atoms with E-state index in [0.717, 1.165) is 6.04 Å². The normalized spacial score (nSPS) is 25.4. The van der Waals surface area contributed by atoms with Crippen LogP contribution in [0.3, 0.4) is 0 Å². The van der Waals surface area contributed by atoms with Crippen LogP contribution in [0.2, 0.25) is 0 Å².